The fourth-order valence-electron chi connectivity index (χ4n) is 6.97. The van der Waals surface area contributed by atoms with Gasteiger partial charge in [0.2, 0.25) is 5.91 Å². The SMILES string of the molecule is CCCNC(=O)c1c(NC(=O)C23CC4CC(CC2C4)C3)sc2c1CCCCCC2. The average molecular weight is 415 g/mol. The Morgan fingerprint density at radius 3 is 2.48 bits per heavy atom. The minimum atomic E-state index is -0.150. The summed E-state index contributed by atoms with van der Waals surface area (Å²) in [5.41, 5.74) is 1.85. The molecule has 4 bridgehead atoms. The maximum absolute atomic E-state index is 13.6. The quantitative estimate of drug-likeness (QED) is 0.686. The van der Waals surface area contributed by atoms with E-state index in [-0.39, 0.29) is 17.2 Å². The number of hydrogen-bond acceptors (Lipinski definition) is 3. The Hall–Kier alpha value is -1.36. The van der Waals surface area contributed by atoms with E-state index in [4.69, 9.17) is 0 Å². The van der Waals surface area contributed by atoms with E-state index < -0.39 is 0 Å². The maximum atomic E-state index is 13.6. The van der Waals surface area contributed by atoms with Gasteiger partial charge in [-0.3, -0.25) is 9.59 Å². The molecule has 2 amide bonds. The van der Waals surface area contributed by atoms with Crippen LogP contribution in [0.1, 0.15) is 91.9 Å². The predicted molar refractivity (Wildman–Crippen MR) is 117 cm³/mol. The van der Waals surface area contributed by atoms with E-state index in [9.17, 15) is 9.59 Å². The first-order valence-corrected chi connectivity index (χ1v) is 12.7. The number of carbonyl (C=O) groups is 2. The van der Waals surface area contributed by atoms with Gasteiger partial charge in [-0.15, -0.1) is 11.3 Å². The second-order valence-electron chi connectivity index (χ2n) is 10.0. The summed E-state index contributed by atoms with van der Waals surface area (Å²) in [6.45, 7) is 2.76. The highest BCUT2D eigenvalue weighted by molar-refractivity contribution is 7.17. The second-order valence-corrected chi connectivity index (χ2v) is 11.1. The summed E-state index contributed by atoms with van der Waals surface area (Å²) < 4.78 is 0. The molecule has 0 spiro atoms. The molecule has 5 aliphatic carbocycles. The van der Waals surface area contributed by atoms with Gasteiger partial charge >= 0.3 is 0 Å². The summed E-state index contributed by atoms with van der Waals surface area (Å²) in [5.74, 6) is 2.31. The van der Waals surface area contributed by atoms with Crippen molar-refractivity contribution in [2.75, 3.05) is 11.9 Å². The molecule has 2 unspecified atom stereocenters. The molecule has 1 aromatic heterocycles. The zero-order chi connectivity index (χ0) is 20.0. The average Bonchev–Trinajstić information content (AvgIpc) is 3.23. The van der Waals surface area contributed by atoms with Crippen LogP contribution in [0.15, 0.2) is 0 Å². The highest BCUT2D eigenvalue weighted by atomic mass is 32.1. The van der Waals surface area contributed by atoms with E-state index in [0.29, 0.717) is 12.5 Å². The number of nitrogens with one attached hydrogen (secondary N) is 2. The first kappa shape index (κ1) is 19.6. The molecule has 5 heteroatoms. The summed E-state index contributed by atoms with van der Waals surface area (Å²) in [6, 6.07) is 0. The van der Waals surface area contributed by atoms with Gasteiger partial charge in [-0.2, -0.15) is 0 Å². The van der Waals surface area contributed by atoms with Crippen molar-refractivity contribution in [2.45, 2.75) is 84.0 Å². The molecule has 158 valence electrons. The van der Waals surface area contributed by atoms with E-state index in [1.807, 2.05) is 0 Å². The Kier molecular flexibility index (Phi) is 5.21. The number of carbonyl (C=O) groups excluding carboxylic acids is 2. The lowest BCUT2D eigenvalue weighted by Gasteiger charge is -2.31. The van der Waals surface area contributed by atoms with Crippen molar-refractivity contribution in [1.29, 1.82) is 0 Å². The number of thiophene rings is 1. The van der Waals surface area contributed by atoms with Gasteiger partial charge in [-0.05, 0) is 87.5 Å². The fourth-order valence-corrected chi connectivity index (χ4v) is 8.25. The van der Waals surface area contributed by atoms with Crippen LogP contribution in [0.2, 0.25) is 0 Å². The minimum Gasteiger partial charge on any atom is -0.352 e. The van der Waals surface area contributed by atoms with Crippen molar-refractivity contribution in [2.24, 2.45) is 23.2 Å². The Bertz CT molecular complexity index is 800. The van der Waals surface area contributed by atoms with Crippen LogP contribution in [0, 0.1) is 23.2 Å². The molecule has 0 aromatic carbocycles. The highest BCUT2D eigenvalue weighted by Gasteiger charge is 2.61. The van der Waals surface area contributed by atoms with Crippen molar-refractivity contribution < 1.29 is 9.59 Å². The summed E-state index contributed by atoms with van der Waals surface area (Å²) in [6.07, 6.45) is 13.7. The normalized spacial score (nSPS) is 32.5. The highest BCUT2D eigenvalue weighted by Crippen LogP contribution is 2.65. The van der Waals surface area contributed by atoms with E-state index in [1.165, 1.54) is 49.0 Å². The lowest BCUT2D eigenvalue weighted by Crippen LogP contribution is -2.37. The van der Waals surface area contributed by atoms with Gasteiger partial charge in [-0.25, -0.2) is 0 Å². The topological polar surface area (TPSA) is 58.2 Å². The van der Waals surface area contributed by atoms with Crippen molar-refractivity contribution in [3.05, 3.63) is 16.0 Å². The number of aryl methyl sites for hydroxylation is 1. The van der Waals surface area contributed by atoms with Gasteiger partial charge in [0.1, 0.15) is 5.00 Å². The van der Waals surface area contributed by atoms with Gasteiger partial charge in [-0.1, -0.05) is 19.8 Å². The molecule has 6 rings (SSSR count). The van der Waals surface area contributed by atoms with Crippen molar-refractivity contribution in [1.82, 2.24) is 5.32 Å². The second kappa shape index (κ2) is 7.72. The predicted octanol–water partition coefficient (Wildman–Crippen LogP) is 5.31. The summed E-state index contributed by atoms with van der Waals surface area (Å²) in [5, 5.41) is 7.24. The summed E-state index contributed by atoms with van der Waals surface area (Å²) >= 11 is 1.68. The van der Waals surface area contributed by atoms with E-state index in [0.717, 1.165) is 60.9 Å². The molecule has 4 saturated carbocycles. The van der Waals surface area contributed by atoms with Crippen LogP contribution in [0.5, 0.6) is 0 Å². The molecule has 4 nitrogen and oxygen atoms in total. The molecule has 5 aliphatic rings. The fraction of sp³-hybridized carbons (Fsp3) is 0.750. The molecule has 1 aromatic rings. The minimum absolute atomic E-state index is 0.00923. The first-order valence-electron chi connectivity index (χ1n) is 11.8. The Balaban J connectivity index is 1.45. The third-order valence-corrected chi connectivity index (χ3v) is 9.31. The molecule has 0 aliphatic heterocycles. The van der Waals surface area contributed by atoms with Crippen molar-refractivity contribution >= 4 is 28.2 Å². The largest absolute Gasteiger partial charge is 0.352 e. The van der Waals surface area contributed by atoms with Crippen LogP contribution in [0.4, 0.5) is 5.00 Å². The van der Waals surface area contributed by atoms with E-state index >= 15 is 0 Å². The molecule has 0 saturated heterocycles. The van der Waals surface area contributed by atoms with Gasteiger partial charge in [0.15, 0.2) is 0 Å². The Morgan fingerprint density at radius 2 is 1.76 bits per heavy atom. The number of fused-ring (bicyclic) bond motifs is 1. The van der Waals surface area contributed by atoms with E-state index in [1.54, 1.807) is 11.3 Å². The number of amides is 2. The van der Waals surface area contributed by atoms with Gasteiger partial charge in [0.05, 0.1) is 11.0 Å². The van der Waals surface area contributed by atoms with Crippen LogP contribution in [-0.2, 0) is 17.6 Å². The molecular weight excluding hydrogens is 380 g/mol. The van der Waals surface area contributed by atoms with Crippen molar-refractivity contribution in [3.63, 3.8) is 0 Å². The van der Waals surface area contributed by atoms with E-state index in [2.05, 4.69) is 17.6 Å². The van der Waals surface area contributed by atoms with Gasteiger partial charge in [0, 0.05) is 11.4 Å². The molecule has 0 radical (unpaired) electrons. The van der Waals surface area contributed by atoms with Crippen LogP contribution < -0.4 is 10.6 Å². The number of rotatable bonds is 5. The third kappa shape index (κ3) is 3.34. The van der Waals surface area contributed by atoms with Crippen molar-refractivity contribution in [3.8, 4) is 0 Å². The molecule has 4 fully saturated rings. The van der Waals surface area contributed by atoms with Gasteiger partial charge in [0.25, 0.3) is 5.91 Å². The monoisotopic (exact) mass is 414 g/mol. The zero-order valence-corrected chi connectivity index (χ0v) is 18.5. The lowest BCUT2D eigenvalue weighted by atomic mass is 9.75. The van der Waals surface area contributed by atoms with Crippen LogP contribution in [0.25, 0.3) is 0 Å². The molecule has 1 heterocycles. The Morgan fingerprint density at radius 1 is 1.03 bits per heavy atom. The maximum Gasteiger partial charge on any atom is 0.254 e. The molecule has 2 N–H and O–H groups in total. The number of hydrogen-bond donors (Lipinski definition) is 2. The standard InChI is InChI=1S/C24H34N2O2S/c1-2-9-25-21(27)20-18-7-5-3-4-6-8-19(18)29-22(20)26-23(28)24-13-15-10-16(14-24)12-17(24)11-15/h15-17H,2-14H2,1H3,(H,25,27)(H,26,28). The zero-order valence-electron chi connectivity index (χ0n) is 17.6. The summed E-state index contributed by atoms with van der Waals surface area (Å²) in [4.78, 5) is 28.0. The third-order valence-electron chi connectivity index (χ3n) is 8.10. The van der Waals surface area contributed by atoms with Gasteiger partial charge < -0.3 is 10.6 Å². The molecular formula is C24H34N2O2S. The van der Waals surface area contributed by atoms with Crippen LogP contribution >= 0.6 is 11.3 Å². The first-order chi connectivity index (χ1) is 14.1. The molecule has 29 heavy (non-hydrogen) atoms. The van der Waals surface area contributed by atoms with Crippen LogP contribution in [0.3, 0.4) is 0 Å². The Labute approximate surface area is 178 Å². The smallest absolute Gasteiger partial charge is 0.254 e. The molecule has 2 atom stereocenters. The lowest BCUT2D eigenvalue weighted by molar-refractivity contribution is -0.127. The van der Waals surface area contributed by atoms with Crippen LogP contribution in [-0.4, -0.2) is 18.4 Å². The number of anilines is 1. The summed E-state index contributed by atoms with van der Waals surface area (Å²) in [7, 11) is 0.